The summed E-state index contributed by atoms with van der Waals surface area (Å²) in [5, 5.41) is 10.6. The van der Waals surface area contributed by atoms with Crippen LogP contribution in [-0.2, 0) is 4.79 Å². The van der Waals surface area contributed by atoms with Crippen LogP contribution in [0.1, 0.15) is 31.4 Å². The predicted molar refractivity (Wildman–Crippen MR) is 130 cm³/mol. The lowest BCUT2D eigenvalue weighted by Gasteiger charge is -2.18. The molecule has 0 unspecified atom stereocenters. The summed E-state index contributed by atoms with van der Waals surface area (Å²) in [7, 11) is 0. The van der Waals surface area contributed by atoms with Gasteiger partial charge in [0.25, 0.3) is 0 Å². The lowest BCUT2D eigenvalue weighted by atomic mass is 10.1. The largest absolute Gasteiger partial charge is 0.348 e. The number of aromatic nitrogens is 3. The van der Waals surface area contributed by atoms with Crippen molar-refractivity contribution in [3.8, 4) is 11.1 Å². The molecule has 33 heavy (non-hydrogen) atoms. The molecule has 2 atom stereocenters. The minimum atomic E-state index is -0.0702. The minimum absolute atomic E-state index is 0.0551. The highest BCUT2D eigenvalue weighted by Crippen LogP contribution is 2.24. The number of benzene rings is 2. The Morgan fingerprint density at radius 1 is 1.06 bits per heavy atom. The fraction of sp³-hybridized carbons (Fsp3) is 0.231. The normalized spacial score (nSPS) is 16.5. The maximum absolute atomic E-state index is 12.3. The van der Waals surface area contributed by atoms with Gasteiger partial charge in [-0.1, -0.05) is 18.2 Å². The van der Waals surface area contributed by atoms with E-state index >= 15 is 0 Å². The molecule has 3 heterocycles. The Labute approximate surface area is 192 Å². The van der Waals surface area contributed by atoms with Gasteiger partial charge in [-0.25, -0.2) is 9.97 Å². The van der Waals surface area contributed by atoms with E-state index in [-0.39, 0.29) is 18.0 Å². The first kappa shape index (κ1) is 21.0. The van der Waals surface area contributed by atoms with Gasteiger partial charge >= 0.3 is 0 Å². The number of amides is 1. The van der Waals surface area contributed by atoms with Crippen molar-refractivity contribution < 1.29 is 4.79 Å². The molecule has 0 radical (unpaired) electrons. The Hall–Kier alpha value is -3.84. The molecule has 1 fully saturated rings. The molecule has 1 saturated heterocycles. The van der Waals surface area contributed by atoms with Crippen LogP contribution in [0.15, 0.2) is 73.2 Å². The highest BCUT2D eigenvalue weighted by Gasteiger charge is 2.23. The van der Waals surface area contributed by atoms with E-state index in [1.54, 1.807) is 12.4 Å². The minimum Gasteiger partial charge on any atom is -0.348 e. The zero-order chi connectivity index (χ0) is 22.6. The van der Waals surface area contributed by atoms with Crippen LogP contribution < -0.4 is 16.0 Å². The van der Waals surface area contributed by atoms with Gasteiger partial charge in [-0.15, -0.1) is 0 Å². The fourth-order valence-corrected chi connectivity index (χ4v) is 4.11. The maximum Gasteiger partial charge on any atom is 0.237 e. The number of carbonyl (C=O) groups excluding carboxylic acids is 1. The molecule has 7 heteroatoms. The van der Waals surface area contributed by atoms with Crippen molar-refractivity contribution in [3.63, 3.8) is 0 Å². The van der Waals surface area contributed by atoms with Gasteiger partial charge in [-0.05, 0) is 79.4 Å². The topological polar surface area (TPSA) is 91.8 Å². The van der Waals surface area contributed by atoms with Gasteiger partial charge in [0.1, 0.15) is 0 Å². The summed E-state index contributed by atoms with van der Waals surface area (Å²) in [6.07, 6.45) is 7.36. The molecule has 5 rings (SSSR count). The fourth-order valence-electron chi connectivity index (χ4n) is 4.11. The number of pyridine rings is 1. The number of anilines is 2. The number of carbonyl (C=O) groups is 1. The molecule has 166 valence electrons. The SMILES string of the molecule is C[C@@H](NC(=O)[C@H]1CCCN1)c1ccc(Nc2ncc3cc(-c4ccncc4)ccc3n2)cc1. The standard InChI is InChI=1S/C26H26N6O/c1-17(30-25(33)24-3-2-12-28-24)18-4-7-22(8-5-18)31-26-29-16-21-15-20(6-9-23(21)32-26)19-10-13-27-14-11-19/h4-11,13-17,24,28H,2-3,12H2,1H3,(H,30,33)(H,29,31,32)/t17-,24-/m1/s1. The van der Waals surface area contributed by atoms with Gasteiger partial charge in [-0.2, -0.15) is 0 Å². The van der Waals surface area contributed by atoms with Crippen molar-refractivity contribution in [1.29, 1.82) is 0 Å². The van der Waals surface area contributed by atoms with Gasteiger partial charge < -0.3 is 16.0 Å². The first-order valence-corrected chi connectivity index (χ1v) is 11.2. The predicted octanol–water partition coefficient (Wildman–Crippen LogP) is 4.36. The number of fused-ring (bicyclic) bond motifs is 1. The van der Waals surface area contributed by atoms with E-state index in [2.05, 4.69) is 43.0 Å². The molecule has 1 amide bonds. The molecule has 0 bridgehead atoms. The molecule has 0 saturated carbocycles. The van der Waals surface area contributed by atoms with Crippen molar-refractivity contribution in [2.45, 2.75) is 31.8 Å². The van der Waals surface area contributed by atoms with Gasteiger partial charge in [0.2, 0.25) is 11.9 Å². The molecule has 2 aromatic carbocycles. The van der Waals surface area contributed by atoms with E-state index in [1.807, 2.05) is 55.6 Å². The first-order valence-electron chi connectivity index (χ1n) is 11.2. The molecule has 4 aromatic rings. The summed E-state index contributed by atoms with van der Waals surface area (Å²) in [6.45, 7) is 2.91. The quantitative estimate of drug-likeness (QED) is 0.414. The van der Waals surface area contributed by atoms with Crippen LogP contribution in [0.2, 0.25) is 0 Å². The van der Waals surface area contributed by atoms with Gasteiger partial charge in [-0.3, -0.25) is 9.78 Å². The highest BCUT2D eigenvalue weighted by molar-refractivity contribution is 5.85. The van der Waals surface area contributed by atoms with Crippen LogP contribution in [0, 0.1) is 0 Å². The average Bonchev–Trinajstić information content (AvgIpc) is 3.40. The molecule has 0 aliphatic carbocycles. The van der Waals surface area contributed by atoms with Crippen molar-refractivity contribution in [1.82, 2.24) is 25.6 Å². The number of hydrogen-bond donors (Lipinski definition) is 3. The summed E-state index contributed by atoms with van der Waals surface area (Å²) >= 11 is 0. The summed E-state index contributed by atoms with van der Waals surface area (Å²) in [4.78, 5) is 25.5. The van der Waals surface area contributed by atoms with Crippen LogP contribution >= 0.6 is 0 Å². The van der Waals surface area contributed by atoms with Crippen molar-refractivity contribution >= 4 is 28.4 Å². The lowest BCUT2D eigenvalue weighted by molar-refractivity contribution is -0.123. The molecule has 2 aromatic heterocycles. The molecule has 3 N–H and O–H groups in total. The third-order valence-electron chi connectivity index (χ3n) is 6.00. The van der Waals surface area contributed by atoms with Crippen LogP contribution in [0.4, 0.5) is 11.6 Å². The van der Waals surface area contributed by atoms with E-state index in [0.717, 1.165) is 52.7 Å². The summed E-state index contributed by atoms with van der Waals surface area (Å²) in [5.74, 6) is 0.611. The van der Waals surface area contributed by atoms with Crippen LogP contribution in [0.25, 0.3) is 22.0 Å². The second-order valence-electron chi connectivity index (χ2n) is 8.33. The Morgan fingerprint density at radius 2 is 1.88 bits per heavy atom. The Balaban J connectivity index is 1.25. The third kappa shape index (κ3) is 4.83. The van der Waals surface area contributed by atoms with E-state index in [0.29, 0.717) is 5.95 Å². The van der Waals surface area contributed by atoms with Crippen molar-refractivity contribution in [2.75, 3.05) is 11.9 Å². The molecular formula is C26H26N6O. The zero-order valence-electron chi connectivity index (χ0n) is 18.5. The molecule has 7 nitrogen and oxygen atoms in total. The van der Waals surface area contributed by atoms with E-state index in [9.17, 15) is 4.79 Å². The lowest BCUT2D eigenvalue weighted by Crippen LogP contribution is -2.41. The van der Waals surface area contributed by atoms with E-state index < -0.39 is 0 Å². The molecule has 1 aliphatic heterocycles. The van der Waals surface area contributed by atoms with Gasteiger partial charge in [0.05, 0.1) is 17.6 Å². The zero-order valence-corrected chi connectivity index (χ0v) is 18.5. The Bertz CT molecular complexity index is 1250. The average molecular weight is 439 g/mol. The number of rotatable bonds is 6. The van der Waals surface area contributed by atoms with Crippen molar-refractivity contribution in [2.24, 2.45) is 0 Å². The van der Waals surface area contributed by atoms with E-state index in [1.165, 1.54) is 0 Å². The molecular weight excluding hydrogens is 412 g/mol. The molecule has 1 aliphatic rings. The van der Waals surface area contributed by atoms with Crippen LogP contribution in [-0.4, -0.2) is 33.4 Å². The summed E-state index contributed by atoms with van der Waals surface area (Å²) in [6, 6.07) is 18.0. The van der Waals surface area contributed by atoms with Crippen LogP contribution in [0.5, 0.6) is 0 Å². The highest BCUT2D eigenvalue weighted by atomic mass is 16.2. The Kier molecular flexibility index (Phi) is 5.95. The second-order valence-corrected chi connectivity index (χ2v) is 8.33. The van der Waals surface area contributed by atoms with E-state index in [4.69, 9.17) is 0 Å². The second kappa shape index (κ2) is 9.34. The monoisotopic (exact) mass is 438 g/mol. The van der Waals surface area contributed by atoms with Crippen molar-refractivity contribution in [3.05, 3.63) is 78.8 Å². The summed E-state index contributed by atoms with van der Waals surface area (Å²) in [5.41, 5.74) is 5.03. The maximum atomic E-state index is 12.3. The van der Waals surface area contributed by atoms with Gasteiger partial charge in [0.15, 0.2) is 0 Å². The number of nitrogens with one attached hydrogen (secondary N) is 3. The Morgan fingerprint density at radius 3 is 2.64 bits per heavy atom. The number of hydrogen-bond acceptors (Lipinski definition) is 6. The molecule has 0 spiro atoms. The van der Waals surface area contributed by atoms with Crippen LogP contribution in [0.3, 0.4) is 0 Å². The number of nitrogens with zero attached hydrogens (tertiary/aromatic N) is 3. The third-order valence-corrected chi connectivity index (χ3v) is 6.00. The van der Waals surface area contributed by atoms with Gasteiger partial charge in [0, 0.05) is 29.7 Å². The first-order chi connectivity index (χ1) is 16.2. The smallest absolute Gasteiger partial charge is 0.237 e. The summed E-state index contributed by atoms with van der Waals surface area (Å²) < 4.78 is 0.